The van der Waals surface area contributed by atoms with Crippen molar-refractivity contribution in [2.45, 2.75) is 18.4 Å². The fraction of sp³-hybridized carbons (Fsp3) is 0.588. The van der Waals surface area contributed by atoms with Crippen LogP contribution in [0.3, 0.4) is 0 Å². The lowest BCUT2D eigenvalue weighted by Gasteiger charge is -2.33. The molecule has 1 fully saturated rings. The van der Waals surface area contributed by atoms with Gasteiger partial charge in [0.1, 0.15) is 18.4 Å². The van der Waals surface area contributed by atoms with Crippen LogP contribution in [0.2, 0.25) is 0 Å². The Morgan fingerprint density at radius 3 is 2.70 bits per heavy atom. The van der Waals surface area contributed by atoms with E-state index < -0.39 is 6.10 Å². The van der Waals surface area contributed by atoms with Gasteiger partial charge in [-0.2, -0.15) is 0 Å². The highest BCUT2D eigenvalue weighted by Crippen LogP contribution is 2.26. The van der Waals surface area contributed by atoms with Crippen LogP contribution in [0.15, 0.2) is 24.3 Å². The van der Waals surface area contributed by atoms with Gasteiger partial charge in [-0.15, -0.1) is 0 Å². The van der Waals surface area contributed by atoms with Gasteiger partial charge in [-0.3, -0.25) is 4.79 Å². The number of amides is 1. The van der Waals surface area contributed by atoms with Gasteiger partial charge in [-0.05, 0) is 17.7 Å². The predicted octanol–water partition coefficient (Wildman–Crippen LogP) is -0.809. The Balaban J connectivity index is 1.83. The molecule has 128 valence electrons. The number of carbonyl (C=O) groups excluding carboxylic acids is 1. The van der Waals surface area contributed by atoms with Crippen molar-refractivity contribution in [3.05, 3.63) is 29.8 Å². The van der Waals surface area contributed by atoms with E-state index in [1.54, 1.807) is 14.2 Å². The molecule has 3 N–H and O–H groups in total. The summed E-state index contributed by atoms with van der Waals surface area (Å²) in [5, 5.41) is 13.3. The molecule has 1 aromatic rings. The third-order valence-corrected chi connectivity index (χ3v) is 4.35. The number of ether oxygens (including phenoxy) is 2. The van der Waals surface area contributed by atoms with Crippen LogP contribution in [0.25, 0.3) is 0 Å². The highest BCUT2D eigenvalue weighted by Gasteiger charge is 2.32. The molecular weight excluding hydrogens is 296 g/mol. The van der Waals surface area contributed by atoms with E-state index in [1.807, 2.05) is 24.3 Å². The summed E-state index contributed by atoms with van der Waals surface area (Å²) in [6.07, 6.45) is 0.438. The summed E-state index contributed by atoms with van der Waals surface area (Å²) in [6, 6.07) is 7.86. The number of piperidine rings is 1. The number of likely N-dealkylation sites (tertiary alicyclic amines) is 1. The maximum Gasteiger partial charge on any atom is 0.275 e. The van der Waals surface area contributed by atoms with Crippen LogP contribution in [0.1, 0.15) is 17.9 Å². The largest absolute Gasteiger partial charge is 0.497 e. The average Bonchev–Trinajstić information content (AvgIpc) is 2.55. The van der Waals surface area contributed by atoms with Crippen molar-refractivity contribution in [2.75, 3.05) is 47.0 Å². The number of aliphatic hydroxyl groups excluding tert-OH is 1. The number of hydrogen-bond acceptors (Lipinski definition) is 4. The monoisotopic (exact) mass is 323 g/mol. The first-order chi connectivity index (χ1) is 11.1. The fourth-order valence-corrected chi connectivity index (χ4v) is 3.07. The Bertz CT molecular complexity index is 492. The Morgan fingerprint density at radius 1 is 1.35 bits per heavy atom. The van der Waals surface area contributed by atoms with E-state index in [0.717, 1.165) is 29.2 Å². The van der Waals surface area contributed by atoms with Crippen molar-refractivity contribution in [1.29, 1.82) is 0 Å². The molecule has 0 bridgehead atoms. The van der Waals surface area contributed by atoms with E-state index in [-0.39, 0.29) is 11.8 Å². The number of quaternary nitrogens is 1. The first-order valence-corrected chi connectivity index (χ1v) is 8.05. The zero-order valence-electron chi connectivity index (χ0n) is 13.9. The van der Waals surface area contributed by atoms with Crippen molar-refractivity contribution in [2.24, 2.45) is 0 Å². The summed E-state index contributed by atoms with van der Waals surface area (Å²) in [7, 11) is 3.25. The van der Waals surface area contributed by atoms with Crippen molar-refractivity contribution in [3.8, 4) is 5.75 Å². The number of hydrogen-bond donors (Lipinski definition) is 3. The Labute approximate surface area is 137 Å². The van der Waals surface area contributed by atoms with Crippen LogP contribution >= 0.6 is 0 Å². The molecule has 0 aromatic heterocycles. The van der Waals surface area contributed by atoms with E-state index in [4.69, 9.17) is 9.47 Å². The van der Waals surface area contributed by atoms with E-state index in [1.165, 1.54) is 0 Å². The normalized spacial score (nSPS) is 24.2. The molecule has 3 atom stereocenters. The maximum absolute atomic E-state index is 11.8. The summed E-state index contributed by atoms with van der Waals surface area (Å²) in [5.74, 6) is 0.951. The Morgan fingerprint density at radius 2 is 2.09 bits per heavy atom. The smallest absolute Gasteiger partial charge is 0.275 e. The summed E-state index contributed by atoms with van der Waals surface area (Å²) in [6.45, 7) is 2.92. The minimum Gasteiger partial charge on any atom is -0.497 e. The molecule has 0 spiro atoms. The quantitative estimate of drug-likeness (QED) is 0.574. The fourth-order valence-electron chi connectivity index (χ4n) is 3.07. The molecule has 1 unspecified atom stereocenters. The van der Waals surface area contributed by atoms with Gasteiger partial charge < -0.3 is 24.8 Å². The van der Waals surface area contributed by atoms with Gasteiger partial charge in [-0.25, -0.2) is 0 Å². The number of rotatable bonds is 7. The molecule has 1 amide bonds. The molecule has 1 aromatic carbocycles. The van der Waals surface area contributed by atoms with Crippen LogP contribution < -0.4 is 15.0 Å². The van der Waals surface area contributed by atoms with Crippen molar-refractivity contribution < 1.29 is 24.3 Å². The molecule has 0 aliphatic carbocycles. The SMILES string of the molecule is COCCNC(=O)C[NH+]1CC[C@H](c2ccc(OC)cc2)[C@H](O)C1. The first kappa shape index (κ1) is 17.7. The summed E-state index contributed by atoms with van der Waals surface area (Å²) in [4.78, 5) is 13.0. The number of benzene rings is 1. The topological polar surface area (TPSA) is 72.2 Å². The molecule has 2 rings (SSSR count). The second kappa shape index (κ2) is 8.86. The van der Waals surface area contributed by atoms with Crippen LogP contribution in [0.4, 0.5) is 0 Å². The molecule has 1 heterocycles. The lowest BCUT2D eigenvalue weighted by molar-refractivity contribution is -0.901. The number of aliphatic hydroxyl groups is 1. The zero-order valence-corrected chi connectivity index (χ0v) is 13.9. The lowest BCUT2D eigenvalue weighted by atomic mass is 9.87. The van der Waals surface area contributed by atoms with Crippen molar-refractivity contribution in [3.63, 3.8) is 0 Å². The Kier molecular flexibility index (Phi) is 6.83. The average molecular weight is 323 g/mol. The highest BCUT2D eigenvalue weighted by atomic mass is 16.5. The second-order valence-corrected chi connectivity index (χ2v) is 5.96. The molecule has 6 nitrogen and oxygen atoms in total. The van der Waals surface area contributed by atoms with Gasteiger partial charge in [0.15, 0.2) is 6.54 Å². The van der Waals surface area contributed by atoms with Crippen LogP contribution in [0.5, 0.6) is 5.75 Å². The Hall–Kier alpha value is -1.63. The number of methoxy groups -OCH3 is 2. The first-order valence-electron chi connectivity index (χ1n) is 8.05. The van der Waals surface area contributed by atoms with Crippen LogP contribution in [-0.2, 0) is 9.53 Å². The number of nitrogens with one attached hydrogen (secondary N) is 2. The molecular formula is C17H27N2O4+. The van der Waals surface area contributed by atoms with E-state index in [9.17, 15) is 9.90 Å². The molecule has 1 aliphatic rings. The van der Waals surface area contributed by atoms with E-state index in [2.05, 4.69) is 5.32 Å². The minimum absolute atomic E-state index is 0.00662. The molecule has 0 saturated carbocycles. The van der Waals surface area contributed by atoms with Gasteiger partial charge in [0.05, 0.1) is 20.3 Å². The molecule has 23 heavy (non-hydrogen) atoms. The van der Waals surface area contributed by atoms with Gasteiger partial charge in [0.2, 0.25) is 0 Å². The second-order valence-electron chi connectivity index (χ2n) is 5.96. The lowest BCUT2D eigenvalue weighted by Crippen LogP contribution is -3.15. The van der Waals surface area contributed by atoms with Crippen molar-refractivity contribution in [1.82, 2.24) is 5.32 Å². The zero-order chi connectivity index (χ0) is 16.7. The van der Waals surface area contributed by atoms with Crippen LogP contribution in [-0.4, -0.2) is 64.1 Å². The third-order valence-electron chi connectivity index (χ3n) is 4.35. The summed E-state index contributed by atoms with van der Waals surface area (Å²) >= 11 is 0. The summed E-state index contributed by atoms with van der Waals surface area (Å²) < 4.78 is 10.1. The van der Waals surface area contributed by atoms with Gasteiger partial charge in [0.25, 0.3) is 5.91 Å². The standard InChI is InChI=1S/C17H26N2O4/c1-22-10-8-18-17(21)12-19-9-7-15(16(20)11-19)13-3-5-14(23-2)6-4-13/h3-6,15-16,20H,7-12H2,1-2H3,(H,18,21)/p+1/t15-,16-/m1/s1. The molecule has 6 heteroatoms. The number of carbonyl (C=O) groups is 1. The molecule has 0 radical (unpaired) electrons. The highest BCUT2D eigenvalue weighted by molar-refractivity contribution is 5.76. The summed E-state index contributed by atoms with van der Waals surface area (Å²) in [5.41, 5.74) is 1.13. The third kappa shape index (κ3) is 5.20. The van der Waals surface area contributed by atoms with Gasteiger partial charge in [-0.1, -0.05) is 12.1 Å². The predicted molar refractivity (Wildman–Crippen MR) is 86.8 cm³/mol. The van der Waals surface area contributed by atoms with Gasteiger partial charge >= 0.3 is 0 Å². The molecule has 1 saturated heterocycles. The van der Waals surface area contributed by atoms with Crippen LogP contribution in [0, 0.1) is 0 Å². The molecule has 1 aliphatic heterocycles. The minimum atomic E-state index is -0.432. The maximum atomic E-state index is 11.8. The van der Waals surface area contributed by atoms with Crippen molar-refractivity contribution >= 4 is 5.91 Å². The van der Waals surface area contributed by atoms with Gasteiger partial charge in [0, 0.05) is 26.0 Å². The van der Waals surface area contributed by atoms with E-state index in [0.29, 0.717) is 26.2 Å². The van der Waals surface area contributed by atoms with E-state index >= 15 is 0 Å².